The summed E-state index contributed by atoms with van der Waals surface area (Å²) < 4.78 is 13.2. The molecule has 0 fully saturated rings. The van der Waals surface area contributed by atoms with E-state index in [1.165, 1.54) is 0 Å². The summed E-state index contributed by atoms with van der Waals surface area (Å²) in [7, 11) is 3.66. The van der Waals surface area contributed by atoms with Gasteiger partial charge in [-0.05, 0) is 44.0 Å². The van der Waals surface area contributed by atoms with Crippen LogP contribution in [0.25, 0.3) is 0 Å². The first kappa shape index (κ1) is 23.3. The number of nitrogens with zero attached hydrogens (tertiary/aromatic N) is 4. The number of hydrogen-bond acceptors (Lipinski definition) is 5. The number of benzene rings is 2. The number of methoxy groups -OCH3 is 1. The highest BCUT2D eigenvalue weighted by molar-refractivity contribution is 5.79. The quantitative estimate of drug-likeness (QED) is 0.287. The van der Waals surface area contributed by atoms with Gasteiger partial charge in [0.2, 0.25) is 0 Å². The van der Waals surface area contributed by atoms with E-state index in [2.05, 4.69) is 39.9 Å². The average Bonchev–Trinajstić information content (AvgIpc) is 3.12. The molecule has 2 N–H and O–H groups in total. The van der Waals surface area contributed by atoms with Crippen molar-refractivity contribution in [1.82, 2.24) is 25.4 Å². The molecule has 170 valence electrons. The second-order valence-corrected chi connectivity index (χ2v) is 7.54. The molecule has 0 aliphatic heterocycles. The molecule has 0 amide bonds. The van der Waals surface area contributed by atoms with Crippen LogP contribution in [0.3, 0.4) is 0 Å². The molecule has 0 saturated heterocycles. The summed E-state index contributed by atoms with van der Waals surface area (Å²) in [6.45, 7) is 6.42. The molecule has 0 saturated carbocycles. The molecule has 0 spiro atoms. The number of para-hydroxylation sites is 1. The molecule has 0 atom stereocenters. The lowest BCUT2D eigenvalue weighted by atomic mass is 10.1. The fraction of sp³-hybridized carbons (Fsp3) is 0.375. The highest BCUT2D eigenvalue weighted by atomic mass is 16.5. The van der Waals surface area contributed by atoms with E-state index < -0.39 is 0 Å². The van der Waals surface area contributed by atoms with E-state index in [-0.39, 0.29) is 0 Å². The number of aryl methyl sites for hydroxylation is 2. The van der Waals surface area contributed by atoms with Crippen LogP contribution in [0.2, 0.25) is 0 Å². The molecule has 8 nitrogen and oxygen atoms in total. The van der Waals surface area contributed by atoms with Gasteiger partial charge in [-0.15, -0.1) is 10.2 Å². The minimum Gasteiger partial charge on any atom is -0.457 e. The number of nitrogens with one attached hydrogen (secondary N) is 2. The summed E-state index contributed by atoms with van der Waals surface area (Å²) in [4.78, 5) is 4.79. The summed E-state index contributed by atoms with van der Waals surface area (Å²) in [6.07, 6.45) is 0.882. The minimum absolute atomic E-state index is 0.472. The van der Waals surface area contributed by atoms with Gasteiger partial charge >= 0.3 is 0 Å². The number of rotatable bonds is 10. The van der Waals surface area contributed by atoms with Gasteiger partial charge in [0.1, 0.15) is 17.3 Å². The fourth-order valence-corrected chi connectivity index (χ4v) is 3.03. The Morgan fingerprint density at radius 1 is 1.06 bits per heavy atom. The van der Waals surface area contributed by atoms with Gasteiger partial charge in [-0.25, -0.2) is 4.99 Å². The van der Waals surface area contributed by atoms with Crippen LogP contribution in [0.4, 0.5) is 0 Å². The predicted octanol–water partition coefficient (Wildman–Crippen LogP) is 3.50. The highest BCUT2D eigenvalue weighted by Crippen LogP contribution is 2.27. The van der Waals surface area contributed by atoms with Gasteiger partial charge in [0.05, 0.1) is 13.1 Å². The molecule has 0 aliphatic rings. The van der Waals surface area contributed by atoms with E-state index in [1.54, 1.807) is 7.11 Å². The summed E-state index contributed by atoms with van der Waals surface area (Å²) >= 11 is 0. The molecular formula is C24H32N6O2. The minimum atomic E-state index is 0.472. The molecule has 3 aromatic rings. The fourth-order valence-electron chi connectivity index (χ4n) is 3.03. The standard InChI is InChI=1S/C24H32N6O2/c1-18-11-12-20(22(15-18)32-21-9-6-5-7-10-21)16-26-24(25-13-8-14-31-4)27-17-23-29-28-19(2)30(23)3/h5-7,9-12,15H,8,13-14,16-17H2,1-4H3,(H2,25,26,27). The molecule has 3 rings (SSSR count). The lowest BCUT2D eigenvalue weighted by molar-refractivity contribution is 0.195. The lowest BCUT2D eigenvalue weighted by Crippen LogP contribution is -2.38. The van der Waals surface area contributed by atoms with Crippen molar-refractivity contribution >= 4 is 5.96 Å². The maximum Gasteiger partial charge on any atom is 0.191 e. The van der Waals surface area contributed by atoms with Crippen LogP contribution in [-0.2, 0) is 24.9 Å². The number of aromatic nitrogens is 3. The Kier molecular flexibility index (Phi) is 8.62. The van der Waals surface area contributed by atoms with Crippen LogP contribution >= 0.6 is 0 Å². The van der Waals surface area contributed by atoms with E-state index in [0.29, 0.717) is 25.7 Å². The third kappa shape index (κ3) is 6.81. The van der Waals surface area contributed by atoms with Crippen molar-refractivity contribution in [3.8, 4) is 11.5 Å². The molecule has 0 radical (unpaired) electrons. The maximum absolute atomic E-state index is 6.14. The Bertz CT molecular complexity index is 1020. The zero-order valence-corrected chi connectivity index (χ0v) is 19.3. The Labute approximate surface area is 189 Å². The van der Waals surface area contributed by atoms with Crippen molar-refractivity contribution in [3.05, 3.63) is 71.3 Å². The molecule has 0 aliphatic carbocycles. The van der Waals surface area contributed by atoms with Gasteiger partial charge in [-0.3, -0.25) is 0 Å². The van der Waals surface area contributed by atoms with Gasteiger partial charge in [-0.2, -0.15) is 0 Å². The van der Waals surface area contributed by atoms with Crippen molar-refractivity contribution in [2.24, 2.45) is 12.0 Å². The monoisotopic (exact) mass is 436 g/mol. The van der Waals surface area contributed by atoms with Crippen LogP contribution in [0.15, 0.2) is 53.5 Å². The Hall–Kier alpha value is -3.39. The van der Waals surface area contributed by atoms with E-state index in [9.17, 15) is 0 Å². The normalized spacial score (nSPS) is 11.4. The van der Waals surface area contributed by atoms with Gasteiger partial charge in [0, 0.05) is 32.9 Å². The van der Waals surface area contributed by atoms with Gasteiger partial charge in [0.15, 0.2) is 11.8 Å². The number of ether oxygens (including phenoxy) is 2. The summed E-state index contributed by atoms with van der Waals surface area (Å²) in [6, 6.07) is 16.0. The molecule has 0 bridgehead atoms. The molecule has 1 heterocycles. The zero-order valence-electron chi connectivity index (χ0n) is 19.3. The van der Waals surface area contributed by atoms with Gasteiger partial charge in [-0.1, -0.05) is 30.3 Å². The van der Waals surface area contributed by atoms with Crippen LogP contribution in [0, 0.1) is 13.8 Å². The lowest BCUT2D eigenvalue weighted by Gasteiger charge is -2.14. The smallest absolute Gasteiger partial charge is 0.191 e. The third-order valence-electron chi connectivity index (χ3n) is 5.02. The number of hydrogen-bond donors (Lipinski definition) is 2. The Morgan fingerprint density at radius 2 is 1.88 bits per heavy atom. The molecule has 32 heavy (non-hydrogen) atoms. The van der Waals surface area contributed by atoms with E-state index in [0.717, 1.165) is 47.2 Å². The van der Waals surface area contributed by atoms with E-state index >= 15 is 0 Å². The first-order chi connectivity index (χ1) is 15.6. The van der Waals surface area contributed by atoms with E-state index in [4.69, 9.17) is 14.5 Å². The van der Waals surface area contributed by atoms with Crippen LogP contribution < -0.4 is 15.4 Å². The third-order valence-corrected chi connectivity index (χ3v) is 5.02. The number of guanidine groups is 1. The summed E-state index contributed by atoms with van der Waals surface area (Å²) in [5.41, 5.74) is 2.14. The van der Waals surface area contributed by atoms with Crippen molar-refractivity contribution in [2.75, 3.05) is 20.3 Å². The predicted molar refractivity (Wildman–Crippen MR) is 126 cm³/mol. The molecule has 8 heteroatoms. The highest BCUT2D eigenvalue weighted by Gasteiger charge is 2.09. The van der Waals surface area contributed by atoms with Crippen LogP contribution in [0.1, 0.15) is 29.2 Å². The topological polar surface area (TPSA) is 85.6 Å². The second kappa shape index (κ2) is 11.9. The van der Waals surface area contributed by atoms with Crippen molar-refractivity contribution < 1.29 is 9.47 Å². The molecule has 1 aromatic heterocycles. The first-order valence-electron chi connectivity index (χ1n) is 10.7. The molecule has 2 aromatic carbocycles. The maximum atomic E-state index is 6.14. The van der Waals surface area contributed by atoms with Crippen molar-refractivity contribution in [3.63, 3.8) is 0 Å². The summed E-state index contributed by atoms with van der Waals surface area (Å²) in [5.74, 6) is 4.03. The van der Waals surface area contributed by atoms with Crippen LogP contribution in [-0.4, -0.2) is 41.0 Å². The van der Waals surface area contributed by atoms with E-state index in [1.807, 2.05) is 54.9 Å². The van der Waals surface area contributed by atoms with Crippen molar-refractivity contribution in [2.45, 2.75) is 33.4 Å². The average molecular weight is 437 g/mol. The van der Waals surface area contributed by atoms with Crippen LogP contribution in [0.5, 0.6) is 11.5 Å². The SMILES string of the molecule is COCCCNC(=NCc1ccc(C)cc1Oc1ccccc1)NCc1nnc(C)n1C. The molecule has 0 unspecified atom stereocenters. The Balaban J connectivity index is 1.73. The number of aliphatic imine (C=N–C) groups is 1. The largest absolute Gasteiger partial charge is 0.457 e. The molecular weight excluding hydrogens is 404 g/mol. The van der Waals surface area contributed by atoms with Gasteiger partial charge in [0.25, 0.3) is 0 Å². The first-order valence-corrected chi connectivity index (χ1v) is 10.7. The second-order valence-electron chi connectivity index (χ2n) is 7.54. The summed E-state index contributed by atoms with van der Waals surface area (Å²) in [5, 5.41) is 15.0. The van der Waals surface area contributed by atoms with Gasteiger partial charge < -0.3 is 24.7 Å². The van der Waals surface area contributed by atoms with Crippen molar-refractivity contribution in [1.29, 1.82) is 0 Å². The Morgan fingerprint density at radius 3 is 2.59 bits per heavy atom. The zero-order chi connectivity index (χ0) is 22.8.